The van der Waals surface area contributed by atoms with Gasteiger partial charge in [-0.2, -0.15) is 0 Å². The Hall–Kier alpha value is -1.14. The quantitative estimate of drug-likeness (QED) is 0.0414. The van der Waals surface area contributed by atoms with Gasteiger partial charge >= 0.3 is 338 Å². The number of unbranched alkanes of at least 4 members (excludes halogenated alkanes) is 6. The topological polar surface area (TPSA) is 55.4 Å². The third-order valence-corrected chi connectivity index (χ3v) is 22.6. The molecule has 4 aromatic carbocycles. The average molecular weight is 1010 g/mol. The van der Waals surface area contributed by atoms with Crippen molar-refractivity contribution < 1.29 is 28.4 Å². The molecule has 0 aliphatic carbocycles. The summed E-state index contributed by atoms with van der Waals surface area (Å²) in [4.78, 5) is 0. The number of ether oxygens (including phenoxy) is 6. The molecule has 0 fully saturated rings. The maximum atomic E-state index is 6.94. The first kappa shape index (κ1) is 38.1. The Balaban J connectivity index is 1.57. The minimum atomic E-state index is -1.37. The van der Waals surface area contributed by atoms with Crippen LogP contribution in [0, 0.1) is 0 Å². The second kappa shape index (κ2) is 17.5. The fourth-order valence-electron chi connectivity index (χ4n) is 7.44. The molecule has 3 aliphatic rings. The van der Waals surface area contributed by atoms with Crippen molar-refractivity contribution in [1.82, 2.24) is 0 Å². The van der Waals surface area contributed by atoms with Crippen LogP contribution in [0.4, 0.5) is 0 Å². The Bertz CT molecular complexity index is 1540. The van der Waals surface area contributed by atoms with Crippen LogP contribution < -0.4 is 49.9 Å². The molecule has 4 aromatic rings. The zero-order valence-electron chi connectivity index (χ0n) is 31.7. The van der Waals surface area contributed by atoms with E-state index in [1.54, 1.807) is 0 Å². The summed E-state index contributed by atoms with van der Waals surface area (Å²) < 4.78 is 50.5. The number of rotatable bonds is 24. The first-order valence-corrected chi connectivity index (χ1v) is 28.5. The molecule has 0 bridgehead atoms. The molecule has 7 rings (SSSR count). The molecule has 0 spiro atoms. The monoisotopic (exact) mass is 1010 g/mol. The van der Waals surface area contributed by atoms with Gasteiger partial charge in [-0.25, -0.2) is 0 Å². The molecule has 51 heavy (non-hydrogen) atoms. The molecular weight excluding hydrogens is 957 g/mol. The Labute approximate surface area is 335 Å². The van der Waals surface area contributed by atoms with Crippen molar-refractivity contribution in [2.45, 2.75) is 119 Å². The van der Waals surface area contributed by atoms with Crippen molar-refractivity contribution in [1.29, 1.82) is 0 Å². The van der Waals surface area contributed by atoms with Crippen LogP contribution in [0.15, 0.2) is 0 Å². The Morgan fingerprint density at radius 2 is 0.431 bits per heavy atom. The van der Waals surface area contributed by atoms with E-state index < -0.39 is 63.4 Å². The van der Waals surface area contributed by atoms with Gasteiger partial charge in [-0.3, -0.25) is 0 Å². The number of benzene rings is 4. The molecule has 0 aromatic heterocycles. The van der Waals surface area contributed by atoms with Gasteiger partial charge in [-0.05, 0) is 0 Å². The maximum absolute atomic E-state index is 6.94. The summed E-state index contributed by atoms with van der Waals surface area (Å²) in [7, 11) is 0. The summed E-state index contributed by atoms with van der Waals surface area (Å²) in [5.74, 6) is 6.42. The van der Waals surface area contributed by atoms with Crippen LogP contribution in [-0.2, 0) is 0 Å². The standard InChI is InChI=1S/C42H54O6.3Sn/c1-7-13-19-43-37-25-31-32(26-38(37)44-20-14-8-2)34-28-40(46-22-16-10-4)42(48-24-18-12-6)30-36(34)35-29-41(47-23-17-11-5)39(27-33(31)35)45-21-15-9-3;;;/h7-24H2,1-6H3;;;. The van der Waals surface area contributed by atoms with Gasteiger partial charge in [-0.1, -0.05) is 0 Å². The fraction of sp³-hybridized carbons (Fsp3) is 0.571. The third kappa shape index (κ3) is 6.88. The van der Waals surface area contributed by atoms with Crippen LogP contribution >= 0.6 is 0 Å². The van der Waals surface area contributed by atoms with Crippen LogP contribution in [0.3, 0.4) is 0 Å². The molecule has 0 saturated carbocycles. The van der Waals surface area contributed by atoms with E-state index in [-0.39, 0.29) is 0 Å². The zero-order chi connectivity index (χ0) is 35.5. The van der Waals surface area contributed by atoms with Gasteiger partial charge in [0.05, 0.1) is 0 Å². The summed E-state index contributed by atoms with van der Waals surface area (Å²) in [5.41, 5.74) is 0. The Kier molecular flexibility index (Phi) is 13.1. The molecule has 3 heterocycles. The van der Waals surface area contributed by atoms with Crippen molar-refractivity contribution in [2.75, 3.05) is 39.6 Å². The summed E-state index contributed by atoms with van der Waals surface area (Å²) in [6, 6.07) is 0. The summed E-state index contributed by atoms with van der Waals surface area (Å²) in [6.07, 6.45) is 12.9. The van der Waals surface area contributed by atoms with Crippen LogP contribution in [-0.4, -0.2) is 103 Å². The van der Waals surface area contributed by atoms with Crippen molar-refractivity contribution in [3.63, 3.8) is 0 Å². The third-order valence-electron chi connectivity index (χ3n) is 10.2. The van der Waals surface area contributed by atoms with Gasteiger partial charge in [-0.15, -0.1) is 0 Å². The molecule has 3 aliphatic heterocycles. The molecule has 0 atom stereocenters. The van der Waals surface area contributed by atoms with Crippen molar-refractivity contribution in [2.24, 2.45) is 0 Å². The molecule has 9 heteroatoms. The zero-order valence-corrected chi connectivity index (χ0v) is 40.2. The molecule has 0 unspecified atom stereocenters. The van der Waals surface area contributed by atoms with Gasteiger partial charge in [0.2, 0.25) is 0 Å². The van der Waals surface area contributed by atoms with Crippen molar-refractivity contribution in [3.05, 3.63) is 0 Å². The van der Waals surface area contributed by atoms with E-state index in [0.717, 1.165) is 151 Å². The van der Waals surface area contributed by atoms with Gasteiger partial charge in [0, 0.05) is 0 Å². The van der Waals surface area contributed by atoms with E-state index in [0.29, 0.717) is 0 Å². The van der Waals surface area contributed by atoms with E-state index in [1.165, 1.54) is 53.8 Å². The van der Waals surface area contributed by atoms with Gasteiger partial charge in [0.1, 0.15) is 0 Å². The second-order valence-electron chi connectivity index (χ2n) is 14.1. The average Bonchev–Trinajstić information content (AvgIpc) is 3.83. The van der Waals surface area contributed by atoms with Crippen LogP contribution in [0.2, 0.25) is 0 Å². The molecule has 0 amide bonds. The molecule has 0 N–H and O–H groups in total. The summed E-state index contributed by atoms with van der Waals surface area (Å²) in [6.45, 7) is 17.9. The van der Waals surface area contributed by atoms with Crippen LogP contribution in [0.25, 0.3) is 32.3 Å². The van der Waals surface area contributed by atoms with Crippen molar-refractivity contribution in [3.8, 4) is 34.5 Å². The van der Waals surface area contributed by atoms with Gasteiger partial charge < -0.3 is 0 Å². The number of hydrogen-bond acceptors (Lipinski definition) is 6. The summed E-state index contributed by atoms with van der Waals surface area (Å²) in [5, 5.41) is 8.90. The van der Waals surface area contributed by atoms with E-state index >= 15 is 0 Å². The minimum absolute atomic E-state index is 0.730. The fourth-order valence-corrected chi connectivity index (χ4v) is 21.1. The van der Waals surface area contributed by atoms with Crippen molar-refractivity contribution >= 4 is 117 Å². The SMILES string of the molecule is CCCCOc1c(OCCCC)[c]2c3c4[c]1[Sn][c]1c(OCCCC)c(OCCCC)[c]5c(c14)c1[c](c(OCCCC)c(OCCCC)[c](c31)[Sn]2)[Sn]5. The summed E-state index contributed by atoms with van der Waals surface area (Å²) >= 11 is -4.12. The van der Waals surface area contributed by atoms with Crippen LogP contribution in [0.5, 0.6) is 34.5 Å². The van der Waals surface area contributed by atoms with E-state index in [1.807, 2.05) is 0 Å². The van der Waals surface area contributed by atoms with Crippen LogP contribution in [0.1, 0.15) is 119 Å². The predicted molar refractivity (Wildman–Crippen MR) is 216 cm³/mol. The molecule has 270 valence electrons. The van der Waals surface area contributed by atoms with Gasteiger partial charge in [0.25, 0.3) is 0 Å². The molecular formula is C42H54O6Sn3. The predicted octanol–water partition coefficient (Wildman–Crippen LogP) is 6.12. The van der Waals surface area contributed by atoms with Gasteiger partial charge in [0.15, 0.2) is 0 Å². The van der Waals surface area contributed by atoms with E-state index in [2.05, 4.69) is 41.5 Å². The molecule has 6 nitrogen and oxygen atoms in total. The van der Waals surface area contributed by atoms with E-state index in [9.17, 15) is 0 Å². The first-order chi connectivity index (χ1) is 25.1. The molecule has 6 radical (unpaired) electrons. The normalized spacial score (nSPS) is 13.3. The first-order valence-electron chi connectivity index (χ1n) is 19.9. The Morgan fingerprint density at radius 3 is 0.569 bits per heavy atom. The Morgan fingerprint density at radius 1 is 0.275 bits per heavy atom. The van der Waals surface area contributed by atoms with E-state index in [4.69, 9.17) is 28.4 Å². The molecule has 0 saturated heterocycles. The second-order valence-corrected chi connectivity index (χ2v) is 24.8. The number of hydrogen-bond donors (Lipinski definition) is 0.